The van der Waals surface area contributed by atoms with Crippen LogP contribution in [0.25, 0.3) is 10.8 Å². The molecule has 0 aliphatic heterocycles. The standard InChI is InChI=1S/C29H25F5O/c1-35-13-12-19-3-7-21(25(30)15-19)6-2-18-5-11-24-23(14-18)10-9-22(28(24)33)8-4-20-16-26(31)29(34)27(32)17-20/h3,5,7,9-11,14-17H,2,4,6,8,12-13H2,1H3. The molecule has 4 aromatic carbocycles. The third-order valence-electron chi connectivity index (χ3n) is 6.22. The highest BCUT2D eigenvalue weighted by atomic mass is 19.2. The van der Waals surface area contributed by atoms with Gasteiger partial charge in [-0.3, -0.25) is 0 Å². The number of fused-ring (bicyclic) bond motifs is 1. The van der Waals surface area contributed by atoms with Crippen molar-refractivity contribution < 1.29 is 26.7 Å². The summed E-state index contributed by atoms with van der Waals surface area (Å²) < 4.78 is 74.6. The van der Waals surface area contributed by atoms with Crippen LogP contribution in [0.1, 0.15) is 27.8 Å². The molecule has 0 unspecified atom stereocenters. The minimum absolute atomic E-state index is 0.171. The van der Waals surface area contributed by atoms with Crippen molar-refractivity contribution in [1.29, 1.82) is 0 Å². The van der Waals surface area contributed by atoms with Gasteiger partial charge < -0.3 is 4.74 Å². The molecule has 6 heteroatoms. The van der Waals surface area contributed by atoms with Crippen LogP contribution in [0.5, 0.6) is 0 Å². The summed E-state index contributed by atoms with van der Waals surface area (Å²) in [5, 5.41) is 1.16. The summed E-state index contributed by atoms with van der Waals surface area (Å²) >= 11 is 0. The molecule has 0 saturated carbocycles. The first-order valence-corrected chi connectivity index (χ1v) is 11.5. The lowest BCUT2D eigenvalue weighted by atomic mass is 9.97. The van der Waals surface area contributed by atoms with Crippen molar-refractivity contribution in [2.75, 3.05) is 13.7 Å². The third kappa shape index (κ3) is 5.88. The maximum atomic E-state index is 15.1. The minimum atomic E-state index is -1.51. The van der Waals surface area contributed by atoms with Gasteiger partial charge in [0, 0.05) is 12.5 Å². The Balaban J connectivity index is 1.44. The first kappa shape index (κ1) is 24.9. The third-order valence-corrected chi connectivity index (χ3v) is 6.22. The van der Waals surface area contributed by atoms with E-state index in [9.17, 15) is 17.6 Å². The van der Waals surface area contributed by atoms with E-state index in [1.807, 2.05) is 18.2 Å². The van der Waals surface area contributed by atoms with E-state index in [-0.39, 0.29) is 24.2 Å². The molecule has 0 fully saturated rings. The van der Waals surface area contributed by atoms with Crippen LogP contribution in [-0.4, -0.2) is 13.7 Å². The molecule has 0 saturated heterocycles. The molecule has 4 aromatic rings. The number of aryl methyl sites for hydroxylation is 4. The minimum Gasteiger partial charge on any atom is -0.384 e. The Labute approximate surface area is 201 Å². The van der Waals surface area contributed by atoms with Gasteiger partial charge >= 0.3 is 0 Å². The molecule has 0 aliphatic carbocycles. The average Bonchev–Trinajstić information content (AvgIpc) is 2.85. The van der Waals surface area contributed by atoms with Crippen molar-refractivity contribution in [3.05, 3.63) is 118 Å². The molecule has 0 radical (unpaired) electrons. The van der Waals surface area contributed by atoms with Gasteiger partial charge in [-0.1, -0.05) is 42.5 Å². The van der Waals surface area contributed by atoms with Gasteiger partial charge in [0.05, 0.1) is 6.61 Å². The van der Waals surface area contributed by atoms with E-state index in [1.165, 1.54) is 0 Å². The highest BCUT2D eigenvalue weighted by Gasteiger charge is 2.13. The zero-order chi connectivity index (χ0) is 24.9. The van der Waals surface area contributed by atoms with E-state index in [2.05, 4.69) is 0 Å². The Morgan fingerprint density at radius 1 is 0.543 bits per heavy atom. The zero-order valence-corrected chi connectivity index (χ0v) is 19.3. The monoisotopic (exact) mass is 484 g/mol. The number of methoxy groups -OCH3 is 1. The van der Waals surface area contributed by atoms with Crippen molar-refractivity contribution in [2.45, 2.75) is 32.1 Å². The Bertz CT molecular complexity index is 1330. The first-order chi connectivity index (χ1) is 16.9. The normalized spacial score (nSPS) is 11.4. The highest BCUT2D eigenvalue weighted by molar-refractivity contribution is 5.84. The molecule has 0 aromatic heterocycles. The summed E-state index contributed by atoms with van der Waals surface area (Å²) in [6, 6.07) is 16.0. The predicted octanol–water partition coefficient (Wildman–Crippen LogP) is 7.29. The second-order valence-electron chi connectivity index (χ2n) is 8.64. The maximum Gasteiger partial charge on any atom is 0.194 e. The molecular formula is C29H25F5O. The molecule has 182 valence electrons. The van der Waals surface area contributed by atoms with Gasteiger partial charge in [0.15, 0.2) is 17.5 Å². The molecule has 0 spiro atoms. The first-order valence-electron chi connectivity index (χ1n) is 11.5. The number of rotatable bonds is 9. The van der Waals surface area contributed by atoms with Crippen LogP contribution in [0.4, 0.5) is 22.0 Å². The van der Waals surface area contributed by atoms with Gasteiger partial charge in [-0.25, -0.2) is 22.0 Å². The molecule has 0 bridgehead atoms. The van der Waals surface area contributed by atoms with E-state index in [1.54, 1.807) is 37.4 Å². The van der Waals surface area contributed by atoms with Crippen LogP contribution in [-0.2, 0) is 36.8 Å². The lowest BCUT2D eigenvalue weighted by Gasteiger charge is -2.10. The smallest absolute Gasteiger partial charge is 0.194 e. The largest absolute Gasteiger partial charge is 0.384 e. The number of ether oxygens (including phenoxy) is 1. The van der Waals surface area contributed by atoms with E-state index in [0.29, 0.717) is 42.4 Å². The number of halogens is 5. The van der Waals surface area contributed by atoms with Crippen molar-refractivity contribution in [3.8, 4) is 0 Å². The van der Waals surface area contributed by atoms with Crippen LogP contribution >= 0.6 is 0 Å². The van der Waals surface area contributed by atoms with Crippen LogP contribution in [0.3, 0.4) is 0 Å². The molecule has 0 aliphatic rings. The topological polar surface area (TPSA) is 9.23 Å². The van der Waals surface area contributed by atoms with E-state index in [4.69, 9.17) is 4.74 Å². The average molecular weight is 485 g/mol. The number of hydrogen-bond acceptors (Lipinski definition) is 1. The molecule has 0 amide bonds. The fourth-order valence-corrected chi connectivity index (χ4v) is 4.21. The number of benzene rings is 4. The van der Waals surface area contributed by atoms with E-state index in [0.717, 1.165) is 28.6 Å². The van der Waals surface area contributed by atoms with E-state index >= 15 is 4.39 Å². The molecule has 4 rings (SSSR count). The second kappa shape index (κ2) is 11.0. The molecule has 0 atom stereocenters. The van der Waals surface area contributed by atoms with Gasteiger partial charge in [0.2, 0.25) is 0 Å². The highest BCUT2D eigenvalue weighted by Crippen LogP contribution is 2.25. The van der Waals surface area contributed by atoms with Gasteiger partial charge in [0.1, 0.15) is 11.6 Å². The lowest BCUT2D eigenvalue weighted by molar-refractivity contribution is 0.202. The molecule has 1 nitrogen and oxygen atoms in total. The van der Waals surface area contributed by atoms with Gasteiger partial charge in [-0.2, -0.15) is 0 Å². The zero-order valence-electron chi connectivity index (χ0n) is 19.3. The second-order valence-corrected chi connectivity index (χ2v) is 8.64. The molecular weight excluding hydrogens is 459 g/mol. The lowest BCUT2D eigenvalue weighted by Crippen LogP contribution is -2.00. The summed E-state index contributed by atoms with van der Waals surface area (Å²) in [7, 11) is 1.61. The summed E-state index contributed by atoms with van der Waals surface area (Å²) in [6.07, 6.45) is 2.17. The summed E-state index contributed by atoms with van der Waals surface area (Å²) in [5.41, 5.74) is 3.15. The Kier molecular flexibility index (Phi) is 7.81. The van der Waals surface area contributed by atoms with Crippen LogP contribution < -0.4 is 0 Å². The van der Waals surface area contributed by atoms with Crippen molar-refractivity contribution >= 4 is 10.8 Å². The van der Waals surface area contributed by atoms with Crippen LogP contribution in [0, 0.1) is 29.1 Å². The van der Waals surface area contributed by atoms with E-state index < -0.39 is 23.3 Å². The Morgan fingerprint density at radius 3 is 1.86 bits per heavy atom. The van der Waals surface area contributed by atoms with Crippen molar-refractivity contribution in [3.63, 3.8) is 0 Å². The van der Waals surface area contributed by atoms with Crippen molar-refractivity contribution in [2.24, 2.45) is 0 Å². The molecule has 0 heterocycles. The van der Waals surface area contributed by atoms with Gasteiger partial charge in [-0.05, 0) is 83.5 Å². The van der Waals surface area contributed by atoms with Crippen LogP contribution in [0.2, 0.25) is 0 Å². The fraction of sp³-hybridized carbons (Fsp3) is 0.241. The van der Waals surface area contributed by atoms with Gasteiger partial charge in [-0.15, -0.1) is 0 Å². The fourth-order valence-electron chi connectivity index (χ4n) is 4.21. The quantitative estimate of drug-likeness (QED) is 0.179. The van der Waals surface area contributed by atoms with Gasteiger partial charge in [0.25, 0.3) is 0 Å². The molecule has 35 heavy (non-hydrogen) atoms. The molecule has 0 N–H and O–H groups in total. The summed E-state index contributed by atoms with van der Waals surface area (Å²) in [5.74, 6) is -4.66. The summed E-state index contributed by atoms with van der Waals surface area (Å²) in [6.45, 7) is 0.539. The Morgan fingerprint density at radius 2 is 1.14 bits per heavy atom. The SMILES string of the molecule is COCCc1ccc(CCc2ccc3c(F)c(CCc4cc(F)c(F)c(F)c4)ccc3c2)c(F)c1. The van der Waals surface area contributed by atoms with Crippen molar-refractivity contribution in [1.82, 2.24) is 0 Å². The number of hydrogen-bond donors (Lipinski definition) is 0. The Hall–Kier alpha value is -3.25. The predicted molar refractivity (Wildman–Crippen MR) is 127 cm³/mol. The maximum absolute atomic E-state index is 15.1. The van der Waals surface area contributed by atoms with Crippen LogP contribution in [0.15, 0.2) is 60.7 Å². The summed E-state index contributed by atoms with van der Waals surface area (Å²) in [4.78, 5) is 0.